The minimum atomic E-state index is -0.700. The molecule has 0 saturated carbocycles. The minimum absolute atomic E-state index is 0.306. The number of ether oxygens (including phenoxy) is 1. The van der Waals surface area contributed by atoms with E-state index in [9.17, 15) is 9.50 Å². The van der Waals surface area contributed by atoms with Crippen molar-refractivity contribution < 1.29 is 14.2 Å². The van der Waals surface area contributed by atoms with Gasteiger partial charge < -0.3 is 20.1 Å². The summed E-state index contributed by atoms with van der Waals surface area (Å²) in [6.07, 6.45) is -0.700. The maximum absolute atomic E-state index is 13.9. The molecule has 2 N–H and O–H groups in total. The van der Waals surface area contributed by atoms with Crippen LogP contribution in [-0.2, 0) is 0 Å². The van der Waals surface area contributed by atoms with E-state index in [-0.39, 0.29) is 11.9 Å². The number of benzene rings is 2. The van der Waals surface area contributed by atoms with Crippen molar-refractivity contribution in [3.8, 4) is 5.75 Å². The first-order valence-corrected chi connectivity index (χ1v) is 8.54. The molecule has 1 aliphatic heterocycles. The van der Waals surface area contributed by atoms with Crippen molar-refractivity contribution in [2.75, 3.05) is 25.0 Å². The number of aliphatic hydroxyl groups excluding tert-OH is 1. The lowest BCUT2D eigenvalue weighted by Gasteiger charge is -2.46. The summed E-state index contributed by atoms with van der Waals surface area (Å²) in [5.74, 6) is 0.469. The zero-order valence-corrected chi connectivity index (χ0v) is 14.9. The Hall–Kier alpha value is -2.11. The Balaban J connectivity index is 2.09. The molecule has 0 bridgehead atoms. The second kappa shape index (κ2) is 7.02. The van der Waals surface area contributed by atoms with Crippen LogP contribution in [0.2, 0.25) is 0 Å². The average molecular weight is 344 g/mol. The lowest BCUT2D eigenvalue weighted by molar-refractivity contribution is 0.0840. The summed E-state index contributed by atoms with van der Waals surface area (Å²) in [6, 6.07) is 13.8. The van der Waals surface area contributed by atoms with E-state index in [1.54, 1.807) is 13.1 Å². The zero-order chi connectivity index (χ0) is 18.0. The number of halogens is 1. The monoisotopic (exact) mass is 344 g/mol. The molecule has 2 aromatic rings. The number of nitrogens with one attached hydrogen (secondary N) is 1. The first-order chi connectivity index (χ1) is 11.9. The molecule has 0 amide bonds. The molecular weight excluding hydrogens is 319 g/mol. The lowest BCUT2D eigenvalue weighted by atomic mass is 9.95. The van der Waals surface area contributed by atoms with Crippen LogP contribution in [0.1, 0.15) is 25.5 Å². The quantitative estimate of drug-likeness (QED) is 0.875. The molecule has 0 fully saturated rings. The fourth-order valence-corrected chi connectivity index (χ4v) is 3.48. The van der Waals surface area contributed by atoms with Gasteiger partial charge in [-0.3, -0.25) is 0 Å². The number of fused-ring (bicyclic) bond motifs is 1. The Morgan fingerprint density at radius 2 is 2.00 bits per heavy atom. The third-order valence-electron chi connectivity index (χ3n) is 4.42. The maximum atomic E-state index is 13.9. The number of para-hydroxylation sites is 2. The van der Waals surface area contributed by atoms with Crippen molar-refractivity contribution in [2.24, 2.45) is 0 Å². The fraction of sp³-hybridized carbons (Fsp3) is 0.400. The van der Waals surface area contributed by atoms with Crippen LogP contribution in [-0.4, -0.2) is 36.9 Å². The third-order valence-corrected chi connectivity index (χ3v) is 4.42. The van der Waals surface area contributed by atoms with E-state index in [0.717, 1.165) is 17.0 Å². The number of rotatable bonds is 5. The molecule has 0 unspecified atom stereocenters. The first kappa shape index (κ1) is 17.7. The Bertz CT molecular complexity index is 735. The van der Waals surface area contributed by atoms with E-state index in [1.165, 1.54) is 12.1 Å². The summed E-state index contributed by atoms with van der Waals surface area (Å²) in [5.41, 5.74) is 1.24. The summed E-state index contributed by atoms with van der Waals surface area (Å²) >= 11 is 0. The van der Waals surface area contributed by atoms with Crippen LogP contribution >= 0.6 is 0 Å². The molecule has 0 radical (unpaired) electrons. The van der Waals surface area contributed by atoms with E-state index in [0.29, 0.717) is 13.1 Å². The number of nitrogens with zero attached hydrogens (tertiary/aromatic N) is 1. The Morgan fingerprint density at radius 3 is 2.72 bits per heavy atom. The Kier molecular flexibility index (Phi) is 4.97. The molecule has 2 aromatic carbocycles. The summed E-state index contributed by atoms with van der Waals surface area (Å²) in [5, 5.41) is 13.8. The maximum Gasteiger partial charge on any atom is 0.143 e. The predicted octanol–water partition coefficient (Wildman–Crippen LogP) is 3.12. The van der Waals surface area contributed by atoms with Crippen molar-refractivity contribution in [3.05, 3.63) is 59.9 Å². The van der Waals surface area contributed by atoms with E-state index in [2.05, 4.69) is 10.2 Å². The predicted molar refractivity (Wildman–Crippen MR) is 97.6 cm³/mol. The largest absolute Gasteiger partial charge is 0.484 e. The molecule has 134 valence electrons. The van der Waals surface area contributed by atoms with E-state index in [1.807, 2.05) is 44.2 Å². The van der Waals surface area contributed by atoms with Crippen LogP contribution < -0.4 is 15.0 Å². The molecule has 1 aliphatic rings. The van der Waals surface area contributed by atoms with E-state index < -0.39 is 11.7 Å². The van der Waals surface area contributed by atoms with Gasteiger partial charge in [0.25, 0.3) is 0 Å². The summed E-state index contributed by atoms with van der Waals surface area (Å²) in [7, 11) is 1.79. The molecule has 3 rings (SSSR count). The zero-order valence-electron chi connectivity index (χ0n) is 14.9. The van der Waals surface area contributed by atoms with Crippen LogP contribution in [0.4, 0.5) is 10.1 Å². The summed E-state index contributed by atoms with van der Waals surface area (Å²) < 4.78 is 19.9. The van der Waals surface area contributed by atoms with Crippen LogP contribution in [0, 0.1) is 5.82 Å². The van der Waals surface area contributed by atoms with Crippen molar-refractivity contribution >= 4 is 5.69 Å². The number of anilines is 1. The van der Waals surface area contributed by atoms with Gasteiger partial charge in [-0.1, -0.05) is 24.3 Å². The molecule has 5 heteroatoms. The smallest absolute Gasteiger partial charge is 0.143 e. The van der Waals surface area contributed by atoms with Crippen LogP contribution in [0.25, 0.3) is 0 Å². The van der Waals surface area contributed by atoms with Crippen LogP contribution in [0.5, 0.6) is 5.75 Å². The lowest BCUT2D eigenvalue weighted by Crippen LogP contribution is -2.51. The van der Waals surface area contributed by atoms with E-state index >= 15 is 0 Å². The molecule has 25 heavy (non-hydrogen) atoms. The highest BCUT2D eigenvalue weighted by atomic mass is 19.1. The summed E-state index contributed by atoms with van der Waals surface area (Å²) in [4.78, 5) is 2.12. The second-order valence-electron chi connectivity index (χ2n) is 7.08. The van der Waals surface area contributed by atoms with Gasteiger partial charge in [0.15, 0.2) is 0 Å². The third kappa shape index (κ3) is 3.78. The normalized spacial score (nSPS) is 18.2. The van der Waals surface area contributed by atoms with Crippen molar-refractivity contribution in [2.45, 2.75) is 31.6 Å². The van der Waals surface area contributed by atoms with Gasteiger partial charge in [-0.05, 0) is 50.7 Å². The van der Waals surface area contributed by atoms with Gasteiger partial charge in [-0.2, -0.15) is 0 Å². The second-order valence-corrected chi connectivity index (χ2v) is 7.08. The van der Waals surface area contributed by atoms with Crippen LogP contribution in [0.3, 0.4) is 0 Å². The van der Waals surface area contributed by atoms with Gasteiger partial charge in [0.1, 0.15) is 17.2 Å². The molecule has 2 atom stereocenters. The Labute approximate surface area is 148 Å². The number of hydrogen-bond donors (Lipinski definition) is 2. The average Bonchev–Trinajstić information content (AvgIpc) is 2.54. The molecule has 1 heterocycles. The van der Waals surface area contributed by atoms with Gasteiger partial charge in [0.05, 0.1) is 24.4 Å². The van der Waals surface area contributed by atoms with Gasteiger partial charge in [-0.25, -0.2) is 4.39 Å². The highest BCUT2D eigenvalue weighted by molar-refractivity contribution is 5.62. The number of hydrogen-bond acceptors (Lipinski definition) is 4. The molecule has 0 spiro atoms. The van der Waals surface area contributed by atoms with Gasteiger partial charge in [0.2, 0.25) is 0 Å². The number of likely N-dealkylation sites (N-methyl/N-ethyl adjacent to an activating group) is 1. The van der Waals surface area contributed by atoms with Gasteiger partial charge in [-0.15, -0.1) is 0 Å². The molecular formula is C20H25FN2O2. The highest BCUT2D eigenvalue weighted by Crippen LogP contribution is 2.42. The highest BCUT2D eigenvalue weighted by Gasteiger charge is 2.38. The molecule has 4 nitrogen and oxygen atoms in total. The molecule has 0 saturated heterocycles. The van der Waals surface area contributed by atoms with Gasteiger partial charge in [0, 0.05) is 6.54 Å². The molecule has 0 aliphatic carbocycles. The van der Waals surface area contributed by atoms with Crippen LogP contribution in [0.15, 0.2) is 48.5 Å². The van der Waals surface area contributed by atoms with Crippen molar-refractivity contribution in [1.29, 1.82) is 0 Å². The van der Waals surface area contributed by atoms with Crippen molar-refractivity contribution in [3.63, 3.8) is 0 Å². The minimum Gasteiger partial charge on any atom is -0.484 e. The molecule has 0 aromatic heterocycles. The van der Waals surface area contributed by atoms with E-state index in [4.69, 9.17) is 4.74 Å². The standard InChI is InChI=1S/C20H25FN2O2/c1-20(2)13-23(16-9-4-5-10-18(16)25-20)19(17(24)12-22-3)14-7-6-8-15(21)11-14/h4-11,17,19,22,24H,12-13H2,1-3H3/t17-,19+/m1/s1. The van der Waals surface area contributed by atoms with Gasteiger partial charge >= 0.3 is 0 Å². The topological polar surface area (TPSA) is 44.7 Å². The van der Waals surface area contributed by atoms with Crippen molar-refractivity contribution in [1.82, 2.24) is 5.32 Å². The fourth-order valence-electron chi connectivity index (χ4n) is 3.48. The first-order valence-electron chi connectivity index (χ1n) is 8.54. The summed E-state index contributed by atoms with van der Waals surface area (Å²) in [6.45, 7) is 5.03. The SMILES string of the molecule is CNC[C@@H](O)[C@H](c1cccc(F)c1)N1CC(C)(C)Oc2ccccc21. The number of aliphatic hydroxyl groups is 1. The Morgan fingerprint density at radius 1 is 1.24 bits per heavy atom.